The van der Waals surface area contributed by atoms with Crippen molar-refractivity contribution in [1.82, 2.24) is 24.5 Å². The standard InChI is InChI=1S/C23H30N2.C15H21NO.C9H18N2.C8H15NO.C7H14N2/c1-15-11-9-12-16(2)21(15)24-19(5)20(6)25(23(24,7)8)22-17(3)13-10-14-18(22)4;1-10-8-7-9-11(2)14(10)16-12(3)13(4)17-15(16,5)6;1-7-8(2)11(6)9(3,4)10(7)5;1-6-7(2)10-8(3,4)9(6)5;1-6-7(2)9(4)5-8(6)3/h9-14H,1-8H3;7-9H,1-6H3;1-6H3;1-5H3;5H2,1-4H3. The fourth-order valence-corrected chi connectivity index (χ4v) is 10.9. The Hall–Kier alpha value is -5.64. The third kappa shape index (κ3) is 11.4. The van der Waals surface area contributed by atoms with Gasteiger partial charge >= 0.3 is 0 Å². The molecule has 0 amide bonds. The summed E-state index contributed by atoms with van der Waals surface area (Å²) in [6, 6.07) is 19.5. The number of hydrogen-bond donors (Lipinski definition) is 0. The van der Waals surface area contributed by atoms with Crippen molar-refractivity contribution >= 4 is 17.1 Å². The minimum Gasteiger partial charge on any atom is -0.471 e. The molecule has 3 aromatic rings. The van der Waals surface area contributed by atoms with Gasteiger partial charge in [0.15, 0.2) is 11.4 Å². The molecule has 0 aliphatic carbocycles. The van der Waals surface area contributed by atoms with Crippen molar-refractivity contribution < 1.29 is 9.47 Å². The van der Waals surface area contributed by atoms with Crippen LogP contribution in [0.1, 0.15) is 158 Å². The highest BCUT2D eigenvalue weighted by atomic mass is 16.5. The predicted octanol–water partition coefficient (Wildman–Crippen LogP) is 15.2. The van der Waals surface area contributed by atoms with E-state index in [9.17, 15) is 0 Å². The molecule has 0 unspecified atom stereocenters. The minimum atomic E-state index is -0.301. The van der Waals surface area contributed by atoms with E-state index in [0.717, 1.165) is 18.2 Å². The molecule has 72 heavy (non-hydrogen) atoms. The van der Waals surface area contributed by atoms with Crippen LogP contribution in [0, 0.1) is 41.5 Å². The highest BCUT2D eigenvalue weighted by Crippen LogP contribution is 2.47. The number of ether oxygens (including phenoxy) is 2. The van der Waals surface area contributed by atoms with Gasteiger partial charge in [-0.3, -0.25) is 0 Å². The van der Waals surface area contributed by atoms with E-state index >= 15 is 0 Å². The van der Waals surface area contributed by atoms with Crippen molar-refractivity contribution in [3.63, 3.8) is 0 Å². The zero-order chi connectivity index (χ0) is 55.1. The van der Waals surface area contributed by atoms with E-state index in [1.165, 1.54) is 96.0 Å². The van der Waals surface area contributed by atoms with Gasteiger partial charge in [0, 0.05) is 80.8 Å². The second-order valence-electron chi connectivity index (χ2n) is 22.8. The molecule has 10 heteroatoms. The maximum Gasteiger partial charge on any atom is 0.181 e. The average molecular weight is 988 g/mol. The van der Waals surface area contributed by atoms with E-state index < -0.39 is 0 Å². The Morgan fingerprint density at radius 3 is 0.806 bits per heavy atom. The largest absolute Gasteiger partial charge is 0.471 e. The zero-order valence-corrected chi connectivity index (χ0v) is 50.8. The molecule has 0 radical (unpaired) electrons. The van der Waals surface area contributed by atoms with Crippen LogP contribution in [-0.2, 0) is 9.47 Å². The number of nitrogens with zero attached hydrogens (tertiary/aromatic N) is 8. The van der Waals surface area contributed by atoms with E-state index in [0.29, 0.717) is 0 Å². The molecule has 5 heterocycles. The maximum absolute atomic E-state index is 5.94. The first-order valence-electron chi connectivity index (χ1n) is 26.0. The van der Waals surface area contributed by atoms with E-state index in [-0.39, 0.29) is 22.8 Å². The molecular formula is C62H98N8O2. The van der Waals surface area contributed by atoms with Crippen LogP contribution in [0.3, 0.4) is 0 Å². The highest BCUT2D eigenvalue weighted by Gasteiger charge is 2.45. The van der Waals surface area contributed by atoms with Crippen molar-refractivity contribution in [3.8, 4) is 0 Å². The quantitative estimate of drug-likeness (QED) is 0.254. The van der Waals surface area contributed by atoms with Crippen molar-refractivity contribution in [1.29, 1.82) is 0 Å². The summed E-state index contributed by atoms with van der Waals surface area (Å²) in [7, 11) is 10.6. The lowest BCUT2D eigenvalue weighted by atomic mass is 10.0. The molecule has 0 aromatic heterocycles. The predicted molar refractivity (Wildman–Crippen MR) is 309 cm³/mol. The molecule has 0 atom stereocenters. The summed E-state index contributed by atoms with van der Waals surface area (Å²) in [4.78, 5) is 18.6. The first-order chi connectivity index (χ1) is 33.0. The van der Waals surface area contributed by atoms with Crippen LogP contribution in [0.4, 0.5) is 17.1 Å². The van der Waals surface area contributed by atoms with Crippen LogP contribution in [0.5, 0.6) is 0 Å². The van der Waals surface area contributed by atoms with Crippen molar-refractivity contribution in [2.45, 2.75) is 189 Å². The molecule has 398 valence electrons. The zero-order valence-electron chi connectivity index (χ0n) is 50.8. The molecular weight excluding hydrogens is 889 g/mol. The minimum absolute atomic E-state index is 0.145. The summed E-state index contributed by atoms with van der Waals surface area (Å²) >= 11 is 0. The number of para-hydroxylation sites is 3. The lowest BCUT2D eigenvalue weighted by Gasteiger charge is -2.44. The van der Waals surface area contributed by atoms with E-state index in [4.69, 9.17) is 9.47 Å². The first kappa shape index (κ1) is 58.9. The topological polar surface area (TPSA) is 44.4 Å². The number of anilines is 3. The second kappa shape index (κ2) is 21.8. The summed E-state index contributed by atoms with van der Waals surface area (Å²) < 4.78 is 11.5. The fraction of sp³-hybridized carbons (Fsp3) is 0.548. The van der Waals surface area contributed by atoms with Gasteiger partial charge in [0.25, 0.3) is 0 Å². The van der Waals surface area contributed by atoms with Gasteiger partial charge < -0.3 is 48.7 Å². The molecule has 10 nitrogen and oxygen atoms in total. The summed E-state index contributed by atoms with van der Waals surface area (Å²) in [5.74, 6) is 2.05. The van der Waals surface area contributed by atoms with Crippen LogP contribution in [-0.4, -0.2) is 89.2 Å². The van der Waals surface area contributed by atoms with Crippen LogP contribution in [0.25, 0.3) is 0 Å². The van der Waals surface area contributed by atoms with Crippen LogP contribution < -0.4 is 14.7 Å². The van der Waals surface area contributed by atoms with Gasteiger partial charge in [-0.2, -0.15) is 0 Å². The second-order valence-corrected chi connectivity index (χ2v) is 22.8. The van der Waals surface area contributed by atoms with Gasteiger partial charge in [0.2, 0.25) is 0 Å². The van der Waals surface area contributed by atoms with Gasteiger partial charge in [0.1, 0.15) is 22.8 Å². The van der Waals surface area contributed by atoms with Gasteiger partial charge in [-0.1, -0.05) is 54.6 Å². The van der Waals surface area contributed by atoms with E-state index in [2.05, 4.69) is 274 Å². The van der Waals surface area contributed by atoms with Gasteiger partial charge in [-0.25, -0.2) is 0 Å². The Labute approximate surface area is 439 Å². The van der Waals surface area contributed by atoms with Crippen LogP contribution in [0.15, 0.2) is 112 Å². The molecule has 8 rings (SSSR count). The molecule has 0 N–H and O–H groups in total. The smallest absolute Gasteiger partial charge is 0.181 e. The monoisotopic (exact) mass is 987 g/mol. The number of allylic oxidation sites excluding steroid dienone is 10. The highest BCUT2D eigenvalue weighted by molar-refractivity contribution is 5.75. The van der Waals surface area contributed by atoms with Crippen molar-refractivity contribution in [3.05, 3.63) is 145 Å². The Bertz CT molecular complexity index is 2470. The molecule has 0 saturated heterocycles. The normalized spacial score (nSPS) is 19.6. The van der Waals surface area contributed by atoms with Gasteiger partial charge in [-0.05, 0) is 200 Å². The summed E-state index contributed by atoms with van der Waals surface area (Å²) in [5.41, 5.74) is 21.9. The molecule has 5 aliphatic heterocycles. The van der Waals surface area contributed by atoms with Gasteiger partial charge in [0.05, 0.1) is 23.8 Å². The molecule has 0 fully saturated rings. The number of rotatable bonds is 3. The van der Waals surface area contributed by atoms with E-state index in [1.807, 2.05) is 20.9 Å². The third-order valence-corrected chi connectivity index (χ3v) is 16.6. The van der Waals surface area contributed by atoms with Crippen LogP contribution in [0.2, 0.25) is 0 Å². The van der Waals surface area contributed by atoms with E-state index in [1.54, 1.807) is 0 Å². The van der Waals surface area contributed by atoms with Crippen molar-refractivity contribution in [2.75, 3.05) is 56.6 Å². The third-order valence-electron chi connectivity index (χ3n) is 16.6. The van der Waals surface area contributed by atoms with Crippen LogP contribution >= 0.6 is 0 Å². The summed E-state index contributed by atoms with van der Waals surface area (Å²) in [6.45, 7) is 53.0. The number of benzene rings is 3. The molecule has 5 aliphatic rings. The molecule has 3 aromatic carbocycles. The maximum atomic E-state index is 5.94. The Balaban J connectivity index is 0.000000208. The number of aryl methyl sites for hydroxylation is 6. The van der Waals surface area contributed by atoms with Gasteiger partial charge in [-0.15, -0.1) is 0 Å². The lowest BCUT2D eigenvalue weighted by molar-refractivity contribution is -0.0312. The SMILES string of the molecule is CC1=C(C)N(C)C(C)(C)N1C.CC1=C(C)N(C)C(C)(C)O1.CC1=C(C)N(C)CN1C.CC1=C(C)N(c2c(C)cccc2C)C(C)(C)N1c1c(C)cccc1C.CC1=C(C)N(c2c(C)cccc2C)C(C)(C)O1. The fourth-order valence-electron chi connectivity index (χ4n) is 10.9. The molecule has 0 spiro atoms. The summed E-state index contributed by atoms with van der Waals surface area (Å²) in [6.07, 6.45) is 0. The molecule has 0 bridgehead atoms. The first-order valence-corrected chi connectivity index (χ1v) is 26.0. The summed E-state index contributed by atoms with van der Waals surface area (Å²) in [5, 5.41) is 0. The van der Waals surface area contributed by atoms with Crippen molar-refractivity contribution in [2.24, 2.45) is 0 Å². The Kier molecular flexibility index (Phi) is 17.9. The molecule has 0 saturated carbocycles. The average Bonchev–Trinajstić information content (AvgIpc) is 3.82. The number of hydrogen-bond acceptors (Lipinski definition) is 10. The Morgan fingerprint density at radius 1 is 0.319 bits per heavy atom. The Morgan fingerprint density at radius 2 is 0.611 bits per heavy atom. The lowest BCUT2D eigenvalue weighted by Crippen LogP contribution is -2.51.